The lowest BCUT2D eigenvalue weighted by molar-refractivity contribution is 1.22. The SMILES string of the molecule is c1cc(-c2cccc(-c3cccc4cccnc34)n2)nc(-c2cccc(-c3cccc4cccnc34)n2)c1. The molecule has 0 aliphatic carbocycles. The molecule has 0 unspecified atom stereocenters. The number of aromatic nitrogens is 5. The molecular weight excluding hydrogens is 466 g/mol. The lowest BCUT2D eigenvalue weighted by Crippen LogP contribution is -1.95. The third-order valence-corrected chi connectivity index (χ3v) is 6.59. The largest absolute Gasteiger partial charge is 0.256 e. The molecule has 178 valence electrons. The van der Waals surface area contributed by atoms with Crippen LogP contribution in [0, 0.1) is 0 Å². The highest BCUT2D eigenvalue weighted by Crippen LogP contribution is 2.30. The molecule has 0 N–H and O–H groups in total. The maximum atomic E-state index is 4.97. The van der Waals surface area contributed by atoms with E-state index in [1.807, 2.05) is 91.3 Å². The third-order valence-electron chi connectivity index (χ3n) is 6.59. The monoisotopic (exact) mass is 487 g/mol. The van der Waals surface area contributed by atoms with Gasteiger partial charge >= 0.3 is 0 Å². The van der Waals surface area contributed by atoms with Crippen molar-refractivity contribution in [2.45, 2.75) is 0 Å². The van der Waals surface area contributed by atoms with Crippen molar-refractivity contribution in [3.8, 4) is 45.3 Å². The van der Waals surface area contributed by atoms with Crippen molar-refractivity contribution in [3.05, 3.63) is 128 Å². The number of hydrogen-bond acceptors (Lipinski definition) is 5. The second-order valence-corrected chi connectivity index (χ2v) is 8.99. The molecule has 5 aromatic heterocycles. The smallest absolute Gasteiger partial charge is 0.0894 e. The van der Waals surface area contributed by atoms with Gasteiger partial charge in [-0.05, 0) is 48.5 Å². The van der Waals surface area contributed by atoms with Gasteiger partial charge in [0.1, 0.15) is 0 Å². The number of hydrogen-bond donors (Lipinski definition) is 0. The van der Waals surface area contributed by atoms with Gasteiger partial charge in [0, 0.05) is 34.3 Å². The van der Waals surface area contributed by atoms with Gasteiger partial charge in [0.15, 0.2) is 0 Å². The van der Waals surface area contributed by atoms with Crippen LogP contribution in [0.3, 0.4) is 0 Å². The molecule has 5 heteroatoms. The van der Waals surface area contributed by atoms with Crippen molar-refractivity contribution in [1.82, 2.24) is 24.9 Å². The minimum absolute atomic E-state index is 0.788. The molecule has 0 spiro atoms. The Morgan fingerprint density at radius 1 is 0.316 bits per heavy atom. The fourth-order valence-electron chi connectivity index (χ4n) is 4.80. The molecule has 7 rings (SSSR count). The summed E-state index contributed by atoms with van der Waals surface area (Å²) in [6, 6.07) is 38.3. The molecule has 0 aliphatic heterocycles. The Bertz CT molecular complexity index is 1800. The average Bonchev–Trinajstić information content (AvgIpc) is 3.01. The van der Waals surface area contributed by atoms with Gasteiger partial charge in [0.25, 0.3) is 0 Å². The van der Waals surface area contributed by atoms with Crippen molar-refractivity contribution < 1.29 is 0 Å². The Labute approximate surface area is 219 Å². The van der Waals surface area contributed by atoms with E-state index >= 15 is 0 Å². The second-order valence-electron chi connectivity index (χ2n) is 8.99. The zero-order valence-electron chi connectivity index (χ0n) is 20.4. The van der Waals surface area contributed by atoms with Gasteiger partial charge in [0.2, 0.25) is 0 Å². The maximum Gasteiger partial charge on any atom is 0.0894 e. The normalized spacial score (nSPS) is 11.2. The molecule has 5 heterocycles. The molecule has 5 nitrogen and oxygen atoms in total. The first-order valence-electron chi connectivity index (χ1n) is 12.4. The fourth-order valence-corrected chi connectivity index (χ4v) is 4.80. The molecule has 0 bridgehead atoms. The standard InChI is InChI=1S/C33H21N5/c1-8-22-10-6-20-34-32(22)24(12-1)26-14-3-16-28(36-26)30-18-5-19-31(38-30)29-17-4-15-27(37-29)25-13-2-9-23-11-7-21-35-33(23)25/h1-21H. The molecule has 38 heavy (non-hydrogen) atoms. The van der Waals surface area contributed by atoms with Gasteiger partial charge in [-0.1, -0.05) is 66.7 Å². The van der Waals surface area contributed by atoms with Crippen LogP contribution < -0.4 is 0 Å². The van der Waals surface area contributed by atoms with E-state index in [1.54, 1.807) is 0 Å². The van der Waals surface area contributed by atoms with E-state index in [4.69, 9.17) is 15.0 Å². The highest BCUT2D eigenvalue weighted by atomic mass is 14.8. The van der Waals surface area contributed by atoms with E-state index in [1.165, 1.54) is 0 Å². The first-order valence-corrected chi connectivity index (χ1v) is 12.4. The summed E-state index contributed by atoms with van der Waals surface area (Å²) >= 11 is 0. The summed E-state index contributed by atoms with van der Waals surface area (Å²) in [6.07, 6.45) is 3.63. The fraction of sp³-hybridized carbons (Fsp3) is 0. The number of para-hydroxylation sites is 2. The summed E-state index contributed by atoms with van der Waals surface area (Å²) in [4.78, 5) is 24.1. The van der Waals surface area contributed by atoms with E-state index in [0.29, 0.717) is 0 Å². The van der Waals surface area contributed by atoms with Crippen LogP contribution in [0.2, 0.25) is 0 Å². The lowest BCUT2D eigenvalue weighted by atomic mass is 10.1. The quantitative estimate of drug-likeness (QED) is 0.255. The third kappa shape index (κ3) is 3.96. The molecule has 7 aromatic rings. The minimum atomic E-state index is 0.788. The number of rotatable bonds is 4. The van der Waals surface area contributed by atoms with E-state index in [-0.39, 0.29) is 0 Å². The van der Waals surface area contributed by atoms with Crippen molar-refractivity contribution in [1.29, 1.82) is 0 Å². The summed E-state index contributed by atoms with van der Waals surface area (Å²) < 4.78 is 0. The Morgan fingerprint density at radius 2 is 0.658 bits per heavy atom. The molecule has 0 atom stereocenters. The summed E-state index contributed by atoms with van der Waals surface area (Å²) in [5.41, 5.74) is 8.77. The number of pyridine rings is 5. The lowest BCUT2D eigenvalue weighted by Gasteiger charge is -2.09. The van der Waals surface area contributed by atoms with Crippen LogP contribution in [0.4, 0.5) is 0 Å². The van der Waals surface area contributed by atoms with Crippen LogP contribution in [0.25, 0.3) is 67.1 Å². The van der Waals surface area contributed by atoms with E-state index < -0.39 is 0 Å². The molecule has 0 saturated carbocycles. The summed E-state index contributed by atoms with van der Waals surface area (Å²) in [5, 5.41) is 2.18. The van der Waals surface area contributed by atoms with Crippen molar-refractivity contribution >= 4 is 21.8 Å². The Kier molecular flexibility index (Phi) is 5.37. The van der Waals surface area contributed by atoms with Gasteiger partial charge < -0.3 is 0 Å². The van der Waals surface area contributed by atoms with Crippen LogP contribution in [0.15, 0.2) is 128 Å². The van der Waals surface area contributed by atoms with Gasteiger partial charge in [-0.2, -0.15) is 0 Å². The van der Waals surface area contributed by atoms with Crippen LogP contribution in [0.5, 0.6) is 0 Å². The Morgan fingerprint density at radius 3 is 1.11 bits per heavy atom. The van der Waals surface area contributed by atoms with Gasteiger partial charge in [-0.3, -0.25) is 9.97 Å². The van der Waals surface area contributed by atoms with Crippen molar-refractivity contribution in [2.75, 3.05) is 0 Å². The molecule has 0 fully saturated rings. The Balaban J connectivity index is 1.28. The van der Waals surface area contributed by atoms with Gasteiger partial charge in [0.05, 0.1) is 45.2 Å². The van der Waals surface area contributed by atoms with Crippen molar-refractivity contribution in [3.63, 3.8) is 0 Å². The summed E-state index contributed by atoms with van der Waals surface area (Å²) in [6.45, 7) is 0. The molecule has 2 aromatic carbocycles. The van der Waals surface area contributed by atoms with Crippen molar-refractivity contribution in [2.24, 2.45) is 0 Å². The van der Waals surface area contributed by atoms with Crippen LogP contribution in [-0.2, 0) is 0 Å². The highest BCUT2D eigenvalue weighted by molar-refractivity contribution is 5.93. The van der Waals surface area contributed by atoms with Crippen LogP contribution in [0.1, 0.15) is 0 Å². The summed E-state index contributed by atoms with van der Waals surface area (Å²) in [7, 11) is 0. The molecule has 0 aliphatic rings. The molecule has 0 amide bonds. The van der Waals surface area contributed by atoms with E-state index in [9.17, 15) is 0 Å². The molecule has 0 radical (unpaired) electrons. The zero-order valence-corrected chi connectivity index (χ0v) is 20.4. The van der Waals surface area contributed by atoms with E-state index in [0.717, 1.165) is 67.1 Å². The Hall–Kier alpha value is -5.29. The van der Waals surface area contributed by atoms with Crippen LogP contribution >= 0.6 is 0 Å². The van der Waals surface area contributed by atoms with E-state index in [2.05, 4.69) is 46.4 Å². The predicted molar refractivity (Wildman–Crippen MR) is 152 cm³/mol. The first-order chi connectivity index (χ1) is 18.8. The predicted octanol–water partition coefficient (Wildman–Crippen LogP) is 7.64. The minimum Gasteiger partial charge on any atom is -0.256 e. The van der Waals surface area contributed by atoms with Gasteiger partial charge in [-0.15, -0.1) is 0 Å². The summed E-state index contributed by atoms with van der Waals surface area (Å²) in [5.74, 6) is 0. The van der Waals surface area contributed by atoms with Crippen LogP contribution in [-0.4, -0.2) is 24.9 Å². The number of fused-ring (bicyclic) bond motifs is 2. The number of nitrogens with zero attached hydrogens (tertiary/aromatic N) is 5. The zero-order chi connectivity index (χ0) is 25.3. The molecular formula is C33H21N5. The maximum absolute atomic E-state index is 4.97. The molecule has 0 saturated heterocycles. The topological polar surface area (TPSA) is 64.5 Å². The first kappa shape index (κ1) is 21.9. The second kappa shape index (κ2) is 9.30. The number of benzene rings is 2. The highest BCUT2D eigenvalue weighted by Gasteiger charge is 2.12. The van der Waals surface area contributed by atoms with Gasteiger partial charge in [-0.25, -0.2) is 15.0 Å². The average molecular weight is 488 g/mol.